The van der Waals surface area contributed by atoms with Gasteiger partial charge >= 0.3 is 5.97 Å². The van der Waals surface area contributed by atoms with Gasteiger partial charge in [0.1, 0.15) is 5.82 Å². The topological polar surface area (TPSA) is 94.8 Å². The van der Waals surface area contributed by atoms with Crippen LogP contribution in [0.5, 0.6) is 5.75 Å². The molecular formula is C24H23N3O4. The van der Waals surface area contributed by atoms with E-state index in [0.717, 1.165) is 11.1 Å². The molecule has 1 amide bonds. The highest BCUT2D eigenvalue weighted by Crippen LogP contribution is 2.38. The van der Waals surface area contributed by atoms with Crippen LogP contribution in [-0.4, -0.2) is 23.0 Å². The van der Waals surface area contributed by atoms with Gasteiger partial charge < -0.3 is 15.2 Å². The molecule has 1 aliphatic heterocycles. The van der Waals surface area contributed by atoms with Crippen molar-refractivity contribution in [3.8, 4) is 5.75 Å². The van der Waals surface area contributed by atoms with Crippen LogP contribution in [0, 0.1) is 0 Å². The van der Waals surface area contributed by atoms with Gasteiger partial charge in [0, 0.05) is 5.56 Å². The summed E-state index contributed by atoms with van der Waals surface area (Å²) in [5.74, 6) is 0.444. The van der Waals surface area contributed by atoms with Crippen LogP contribution < -0.4 is 15.4 Å². The minimum atomic E-state index is -0.798. The van der Waals surface area contributed by atoms with Crippen molar-refractivity contribution in [2.75, 3.05) is 10.6 Å². The number of pyridine rings is 1. The smallest absolute Gasteiger partial charge is 0.338 e. The van der Waals surface area contributed by atoms with Crippen LogP contribution in [-0.2, 0) is 16.1 Å². The molecule has 0 bridgehead atoms. The second-order valence-corrected chi connectivity index (χ2v) is 7.55. The third-order valence-electron chi connectivity index (χ3n) is 4.80. The number of anilines is 2. The number of nitrogens with two attached hydrogens (primary N) is 1. The maximum atomic E-state index is 13.4. The summed E-state index contributed by atoms with van der Waals surface area (Å²) in [5.41, 5.74) is 7.80. The van der Waals surface area contributed by atoms with Crippen molar-refractivity contribution in [2.24, 2.45) is 0 Å². The van der Waals surface area contributed by atoms with Crippen molar-refractivity contribution in [2.45, 2.75) is 32.6 Å². The fraction of sp³-hybridized carbons (Fsp3) is 0.208. The van der Waals surface area contributed by atoms with E-state index in [0.29, 0.717) is 17.1 Å². The largest absolute Gasteiger partial charge is 0.472 e. The van der Waals surface area contributed by atoms with Crippen molar-refractivity contribution in [3.63, 3.8) is 0 Å². The Hall–Kier alpha value is -3.87. The summed E-state index contributed by atoms with van der Waals surface area (Å²) in [6.45, 7) is 3.80. The molecule has 1 unspecified atom stereocenters. The number of esters is 1. The lowest BCUT2D eigenvalue weighted by molar-refractivity contribution is -0.126. The molecule has 2 aromatic carbocycles. The fourth-order valence-corrected chi connectivity index (χ4v) is 3.41. The van der Waals surface area contributed by atoms with E-state index in [9.17, 15) is 9.59 Å². The van der Waals surface area contributed by atoms with Crippen molar-refractivity contribution in [3.05, 3.63) is 83.4 Å². The van der Waals surface area contributed by atoms with Crippen LogP contribution >= 0.6 is 0 Å². The first-order valence-corrected chi connectivity index (χ1v) is 10.0. The van der Waals surface area contributed by atoms with Crippen molar-refractivity contribution < 1.29 is 19.1 Å². The van der Waals surface area contributed by atoms with E-state index in [4.69, 9.17) is 15.2 Å². The Morgan fingerprint density at radius 1 is 1.13 bits per heavy atom. The predicted octanol–water partition coefficient (Wildman–Crippen LogP) is 3.90. The number of amides is 1. The average Bonchev–Trinajstić information content (AvgIpc) is 2.76. The minimum absolute atomic E-state index is 0.206. The SMILES string of the molecule is CC(C)OC(=O)c1cccc(CN2C(=O)C(c3ccccc3)Oc3ccc(N)nc32)c1. The molecule has 1 aromatic heterocycles. The van der Waals surface area contributed by atoms with E-state index in [2.05, 4.69) is 4.98 Å². The second-order valence-electron chi connectivity index (χ2n) is 7.55. The molecule has 0 spiro atoms. The summed E-state index contributed by atoms with van der Waals surface area (Å²) in [4.78, 5) is 31.6. The van der Waals surface area contributed by atoms with Gasteiger partial charge in [0.2, 0.25) is 6.10 Å². The molecule has 1 atom stereocenters. The molecule has 1 aliphatic rings. The number of carbonyl (C=O) groups excluding carboxylic acids is 2. The lowest BCUT2D eigenvalue weighted by Crippen LogP contribution is -2.41. The highest BCUT2D eigenvalue weighted by molar-refractivity contribution is 5.99. The Labute approximate surface area is 180 Å². The minimum Gasteiger partial charge on any atom is -0.472 e. The van der Waals surface area contributed by atoms with Crippen LogP contribution in [0.15, 0.2) is 66.7 Å². The number of nitrogens with zero attached hydrogens (tertiary/aromatic N) is 2. The predicted molar refractivity (Wildman–Crippen MR) is 117 cm³/mol. The van der Waals surface area contributed by atoms with Gasteiger partial charge in [-0.25, -0.2) is 9.78 Å². The van der Waals surface area contributed by atoms with E-state index in [-0.39, 0.29) is 24.4 Å². The Morgan fingerprint density at radius 3 is 2.65 bits per heavy atom. The van der Waals surface area contributed by atoms with Gasteiger partial charge in [-0.3, -0.25) is 9.69 Å². The molecular weight excluding hydrogens is 394 g/mol. The molecule has 7 heteroatoms. The summed E-state index contributed by atoms with van der Waals surface area (Å²) in [6, 6.07) is 19.7. The number of hydrogen-bond acceptors (Lipinski definition) is 6. The number of aromatic nitrogens is 1. The quantitative estimate of drug-likeness (QED) is 0.633. The second kappa shape index (κ2) is 8.47. The van der Waals surface area contributed by atoms with Crippen LogP contribution in [0.4, 0.5) is 11.6 Å². The molecule has 7 nitrogen and oxygen atoms in total. The van der Waals surface area contributed by atoms with E-state index in [1.807, 2.05) is 36.4 Å². The van der Waals surface area contributed by atoms with Gasteiger partial charge in [0.05, 0.1) is 18.2 Å². The lowest BCUT2D eigenvalue weighted by atomic mass is 10.1. The van der Waals surface area contributed by atoms with E-state index in [1.54, 1.807) is 49.1 Å². The molecule has 0 saturated heterocycles. The van der Waals surface area contributed by atoms with Crippen LogP contribution in [0.25, 0.3) is 0 Å². The zero-order chi connectivity index (χ0) is 22.0. The summed E-state index contributed by atoms with van der Waals surface area (Å²) < 4.78 is 11.3. The zero-order valence-electron chi connectivity index (χ0n) is 17.3. The molecule has 0 fully saturated rings. The Balaban J connectivity index is 1.69. The molecule has 31 heavy (non-hydrogen) atoms. The van der Waals surface area contributed by atoms with Crippen LogP contribution in [0.1, 0.15) is 41.4 Å². The van der Waals surface area contributed by atoms with Gasteiger partial charge in [-0.1, -0.05) is 42.5 Å². The van der Waals surface area contributed by atoms with Crippen molar-refractivity contribution in [1.29, 1.82) is 0 Å². The number of carbonyl (C=O) groups is 2. The highest BCUT2D eigenvalue weighted by atomic mass is 16.5. The Bertz CT molecular complexity index is 1110. The van der Waals surface area contributed by atoms with Gasteiger partial charge in [0.15, 0.2) is 11.6 Å². The van der Waals surface area contributed by atoms with Gasteiger partial charge in [-0.05, 0) is 43.7 Å². The monoisotopic (exact) mass is 417 g/mol. The first-order chi connectivity index (χ1) is 14.9. The molecule has 0 radical (unpaired) electrons. The summed E-state index contributed by atoms with van der Waals surface area (Å²) in [6.07, 6.45) is -1.02. The summed E-state index contributed by atoms with van der Waals surface area (Å²) in [5, 5.41) is 0. The van der Waals surface area contributed by atoms with E-state index in [1.165, 1.54) is 0 Å². The number of benzene rings is 2. The third-order valence-corrected chi connectivity index (χ3v) is 4.80. The zero-order valence-corrected chi connectivity index (χ0v) is 17.3. The summed E-state index contributed by atoms with van der Waals surface area (Å²) in [7, 11) is 0. The Morgan fingerprint density at radius 2 is 1.90 bits per heavy atom. The summed E-state index contributed by atoms with van der Waals surface area (Å²) >= 11 is 0. The van der Waals surface area contributed by atoms with E-state index < -0.39 is 12.1 Å². The van der Waals surface area contributed by atoms with Gasteiger partial charge in [-0.2, -0.15) is 0 Å². The maximum Gasteiger partial charge on any atom is 0.338 e. The molecule has 158 valence electrons. The number of hydrogen-bond donors (Lipinski definition) is 1. The lowest BCUT2D eigenvalue weighted by Gasteiger charge is -2.33. The number of nitrogen functional groups attached to an aromatic ring is 1. The molecule has 2 N–H and O–H groups in total. The first-order valence-electron chi connectivity index (χ1n) is 10.0. The van der Waals surface area contributed by atoms with Gasteiger partial charge in [0.25, 0.3) is 5.91 Å². The third kappa shape index (κ3) is 4.35. The van der Waals surface area contributed by atoms with Crippen molar-refractivity contribution >= 4 is 23.5 Å². The number of rotatable bonds is 5. The molecule has 0 saturated carbocycles. The highest BCUT2D eigenvalue weighted by Gasteiger charge is 2.36. The number of ether oxygens (including phenoxy) is 2. The van der Waals surface area contributed by atoms with Crippen LogP contribution in [0.2, 0.25) is 0 Å². The Kier molecular flexibility index (Phi) is 5.58. The molecule has 2 heterocycles. The maximum absolute atomic E-state index is 13.4. The fourth-order valence-electron chi connectivity index (χ4n) is 3.41. The average molecular weight is 417 g/mol. The number of fused-ring (bicyclic) bond motifs is 1. The molecule has 3 aromatic rings. The van der Waals surface area contributed by atoms with Crippen LogP contribution in [0.3, 0.4) is 0 Å². The van der Waals surface area contributed by atoms with Gasteiger partial charge in [-0.15, -0.1) is 0 Å². The van der Waals surface area contributed by atoms with E-state index >= 15 is 0 Å². The standard InChI is InChI=1S/C24H23N3O4/c1-15(2)30-24(29)18-10-6-7-16(13-18)14-27-22-19(11-12-20(25)26-22)31-21(23(27)28)17-8-4-3-5-9-17/h3-13,15,21H,14H2,1-2H3,(H2,25,26). The first kappa shape index (κ1) is 20.4. The molecule has 0 aliphatic carbocycles. The van der Waals surface area contributed by atoms with Crippen molar-refractivity contribution in [1.82, 2.24) is 4.98 Å². The molecule has 4 rings (SSSR count). The normalized spacial score (nSPS) is 15.4.